The lowest BCUT2D eigenvalue weighted by Gasteiger charge is -2.09. The van der Waals surface area contributed by atoms with E-state index in [0.717, 1.165) is 21.3 Å². The fraction of sp³-hybridized carbons (Fsp3) is 0.0833. The number of anilines is 1. The highest BCUT2D eigenvalue weighted by molar-refractivity contribution is 9.11. The molecule has 0 fully saturated rings. The van der Waals surface area contributed by atoms with Gasteiger partial charge in [-0.25, -0.2) is 0 Å². The molecular formula is C24H17Br2Cl2N3O2. The standard InChI is InChI=1S/C24H17Br2Cl2N3O2/c25-18-3-1-2-4-22(18)33-14-15-5-8-17(9-6-15)24(32)29-23-19(26)13-31(30-23)12-16-7-10-20(27)21(28)11-16/h1-11,13H,12,14H2,(H,29,30,32). The third-order valence-electron chi connectivity index (χ3n) is 4.72. The number of nitrogens with zero attached hydrogens (tertiary/aromatic N) is 2. The Bertz CT molecular complexity index is 1290. The normalized spacial score (nSPS) is 10.8. The minimum Gasteiger partial charge on any atom is -0.488 e. The van der Waals surface area contributed by atoms with Gasteiger partial charge in [0, 0.05) is 11.8 Å². The van der Waals surface area contributed by atoms with Crippen molar-refractivity contribution in [2.45, 2.75) is 13.2 Å². The third kappa shape index (κ3) is 6.18. The average molecular weight is 610 g/mol. The highest BCUT2D eigenvalue weighted by Gasteiger charge is 2.13. The molecule has 0 saturated carbocycles. The van der Waals surface area contributed by atoms with Crippen molar-refractivity contribution in [3.05, 3.63) is 109 Å². The number of hydrogen-bond acceptors (Lipinski definition) is 3. The molecule has 1 aromatic heterocycles. The number of amides is 1. The van der Waals surface area contributed by atoms with E-state index in [9.17, 15) is 4.79 Å². The first kappa shape index (κ1) is 23.8. The number of carbonyl (C=O) groups is 1. The van der Waals surface area contributed by atoms with E-state index in [1.807, 2.05) is 42.5 Å². The Morgan fingerprint density at radius 2 is 1.67 bits per heavy atom. The maximum atomic E-state index is 12.7. The molecule has 33 heavy (non-hydrogen) atoms. The Kier molecular flexibility index (Phi) is 7.75. The van der Waals surface area contributed by atoms with Gasteiger partial charge in [-0.2, -0.15) is 5.10 Å². The Morgan fingerprint density at radius 1 is 0.939 bits per heavy atom. The van der Waals surface area contributed by atoms with E-state index in [2.05, 4.69) is 42.3 Å². The number of hydrogen-bond donors (Lipinski definition) is 1. The number of carbonyl (C=O) groups excluding carboxylic acids is 1. The van der Waals surface area contributed by atoms with Crippen molar-refractivity contribution < 1.29 is 9.53 Å². The van der Waals surface area contributed by atoms with Crippen molar-refractivity contribution >= 4 is 66.8 Å². The number of ether oxygens (including phenoxy) is 1. The van der Waals surface area contributed by atoms with Gasteiger partial charge in [0.25, 0.3) is 5.91 Å². The van der Waals surface area contributed by atoms with Crippen LogP contribution in [0.5, 0.6) is 5.75 Å². The molecule has 0 atom stereocenters. The second kappa shape index (κ2) is 10.7. The molecule has 1 N–H and O–H groups in total. The smallest absolute Gasteiger partial charge is 0.256 e. The summed E-state index contributed by atoms with van der Waals surface area (Å²) in [6, 6.07) is 20.3. The van der Waals surface area contributed by atoms with E-state index in [1.165, 1.54) is 0 Å². The second-order valence-electron chi connectivity index (χ2n) is 7.14. The molecule has 1 amide bonds. The molecule has 3 aromatic carbocycles. The molecule has 0 aliphatic rings. The summed E-state index contributed by atoms with van der Waals surface area (Å²) >= 11 is 19.0. The van der Waals surface area contributed by atoms with Crippen LogP contribution >= 0.6 is 55.1 Å². The third-order valence-corrected chi connectivity index (χ3v) is 6.70. The van der Waals surface area contributed by atoms with Crippen LogP contribution in [0.15, 0.2) is 81.9 Å². The van der Waals surface area contributed by atoms with E-state index < -0.39 is 0 Å². The number of rotatable bonds is 7. The van der Waals surface area contributed by atoms with Gasteiger partial charge in [0.15, 0.2) is 5.82 Å². The van der Waals surface area contributed by atoms with Crippen LogP contribution in [0.3, 0.4) is 0 Å². The maximum absolute atomic E-state index is 12.7. The summed E-state index contributed by atoms with van der Waals surface area (Å²) in [6.45, 7) is 0.882. The summed E-state index contributed by atoms with van der Waals surface area (Å²) in [5, 5.41) is 8.27. The summed E-state index contributed by atoms with van der Waals surface area (Å²) in [4.78, 5) is 12.7. The van der Waals surface area contributed by atoms with E-state index in [0.29, 0.717) is 39.1 Å². The SMILES string of the molecule is O=C(Nc1nn(Cc2ccc(Cl)c(Cl)c2)cc1Br)c1ccc(COc2ccccc2Br)cc1. The fourth-order valence-corrected chi connectivity index (χ4v) is 4.18. The number of para-hydroxylation sites is 1. The lowest BCUT2D eigenvalue weighted by Crippen LogP contribution is -2.13. The molecule has 0 aliphatic heterocycles. The van der Waals surface area contributed by atoms with Crippen molar-refractivity contribution in [1.82, 2.24) is 9.78 Å². The van der Waals surface area contributed by atoms with Gasteiger partial charge in [0.05, 0.1) is 25.5 Å². The van der Waals surface area contributed by atoms with E-state index in [4.69, 9.17) is 27.9 Å². The molecule has 9 heteroatoms. The zero-order valence-corrected chi connectivity index (χ0v) is 21.7. The number of aromatic nitrogens is 2. The van der Waals surface area contributed by atoms with Crippen LogP contribution < -0.4 is 10.1 Å². The molecule has 4 rings (SSSR count). The number of nitrogens with one attached hydrogen (secondary N) is 1. The molecule has 5 nitrogen and oxygen atoms in total. The van der Waals surface area contributed by atoms with Gasteiger partial charge < -0.3 is 10.1 Å². The lowest BCUT2D eigenvalue weighted by atomic mass is 10.1. The van der Waals surface area contributed by atoms with Crippen molar-refractivity contribution in [2.75, 3.05) is 5.32 Å². The van der Waals surface area contributed by atoms with Gasteiger partial charge in [0.2, 0.25) is 0 Å². The zero-order valence-electron chi connectivity index (χ0n) is 17.1. The Morgan fingerprint density at radius 3 is 2.39 bits per heavy atom. The van der Waals surface area contributed by atoms with Crippen molar-refractivity contribution in [3.63, 3.8) is 0 Å². The topological polar surface area (TPSA) is 56.2 Å². The minimum atomic E-state index is -0.256. The Hall–Kier alpha value is -2.32. The highest BCUT2D eigenvalue weighted by Crippen LogP contribution is 2.26. The lowest BCUT2D eigenvalue weighted by molar-refractivity contribution is 0.102. The van der Waals surface area contributed by atoms with Crippen LogP contribution in [-0.4, -0.2) is 15.7 Å². The van der Waals surface area contributed by atoms with Crippen LogP contribution in [0, 0.1) is 0 Å². The highest BCUT2D eigenvalue weighted by atomic mass is 79.9. The predicted octanol–water partition coefficient (Wildman–Crippen LogP) is 7.59. The van der Waals surface area contributed by atoms with Crippen LogP contribution in [-0.2, 0) is 13.2 Å². The first-order valence-electron chi connectivity index (χ1n) is 9.83. The average Bonchev–Trinajstić information content (AvgIpc) is 3.14. The molecule has 0 spiro atoms. The molecule has 0 unspecified atom stereocenters. The number of halogens is 4. The Labute approximate surface area is 217 Å². The van der Waals surface area contributed by atoms with Gasteiger partial charge in [-0.1, -0.05) is 53.5 Å². The first-order valence-corrected chi connectivity index (χ1v) is 12.2. The van der Waals surface area contributed by atoms with Gasteiger partial charge in [-0.15, -0.1) is 0 Å². The summed E-state index contributed by atoms with van der Waals surface area (Å²) in [5.41, 5.74) is 2.41. The molecule has 4 aromatic rings. The number of benzene rings is 3. The van der Waals surface area contributed by atoms with E-state index in [-0.39, 0.29) is 5.91 Å². The minimum absolute atomic E-state index is 0.256. The van der Waals surface area contributed by atoms with Gasteiger partial charge in [-0.3, -0.25) is 9.48 Å². The van der Waals surface area contributed by atoms with Crippen molar-refractivity contribution in [3.8, 4) is 5.75 Å². The Balaban J connectivity index is 1.37. The summed E-state index contributed by atoms with van der Waals surface area (Å²) in [6.07, 6.45) is 1.79. The molecule has 1 heterocycles. The fourth-order valence-electron chi connectivity index (χ4n) is 3.04. The van der Waals surface area contributed by atoms with Gasteiger partial charge in [-0.05, 0) is 79.4 Å². The maximum Gasteiger partial charge on any atom is 0.256 e. The predicted molar refractivity (Wildman–Crippen MR) is 138 cm³/mol. The summed E-state index contributed by atoms with van der Waals surface area (Å²) in [5.74, 6) is 0.941. The van der Waals surface area contributed by atoms with Crippen LogP contribution in [0.25, 0.3) is 0 Å². The zero-order chi connectivity index (χ0) is 23.4. The van der Waals surface area contributed by atoms with Crippen LogP contribution in [0.2, 0.25) is 10.0 Å². The molecular weight excluding hydrogens is 593 g/mol. The van der Waals surface area contributed by atoms with Crippen LogP contribution in [0.4, 0.5) is 5.82 Å². The molecule has 0 bridgehead atoms. The molecule has 0 saturated heterocycles. The molecule has 0 radical (unpaired) electrons. The van der Waals surface area contributed by atoms with Crippen molar-refractivity contribution in [2.24, 2.45) is 0 Å². The van der Waals surface area contributed by atoms with Gasteiger partial charge in [0.1, 0.15) is 12.4 Å². The summed E-state index contributed by atoms with van der Waals surface area (Å²) < 4.78 is 9.10. The summed E-state index contributed by atoms with van der Waals surface area (Å²) in [7, 11) is 0. The monoisotopic (exact) mass is 607 g/mol. The van der Waals surface area contributed by atoms with Crippen molar-refractivity contribution in [1.29, 1.82) is 0 Å². The largest absolute Gasteiger partial charge is 0.488 e. The first-order chi connectivity index (χ1) is 15.9. The van der Waals surface area contributed by atoms with E-state index in [1.54, 1.807) is 35.1 Å². The van der Waals surface area contributed by atoms with Crippen LogP contribution in [0.1, 0.15) is 21.5 Å². The molecule has 168 valence electrons. The van der Waals surface area contributed by atoms with Gasteiger partial charge >= 0.3 is 0 Å². The molecule has 0 aliphatic carbocycles. The second-order valence-corrected chi connectivity index (χ2v) is 9.66. The van der Waals surface area contributed by atoms with E-state index >= 15 is 0 Å². The quantitative estimate of drug-likeness (QED) is 0.235.